The van der Waals surface area contributed by atoms with Gasteiger partial charge in [-0.15, -0.1) is 0 Å². The standard InChI is InChI=1S/C23H33N3O4/c1-13-19(14(2)26(9)25-13)24-18(27)12-30-21(29)15-10-16(22(3,4)5)20(28)17(11-15)23(6,7)8/h10-11,28H,12H2,1-9H3,(H,24,27). The van der Waals surface area contributed by atoms with Crippen molar-refractivity contribution in [2.24, 2.45) is 7.05 Å². The Morgan fingerprint density at radius 1 is 1.07 bits per heavy atom. The maximum Gasteiger partial charge on any atom is 0.338 e. The zero-order valence-electron chi connectivity index (χ0n) is 19.4. The van der Waals surface area contributed by atoms with Gasteiger partial charge in [0.2, 0.25) is 0 Å². The lowest BCUT2D eigenvalue weighted by molar-refractivity contribution is -0.119. The number of rotatable bonds is 4. The molecule has 1 amide bonds. The van der Waals surface area contributed by atoms with Crippen LogP contribution in [0.25, 0.3) is 0 Å². The minimum Gasteiger partial charge on any atom is -0.507 e. The van der Waals surface area contributed by atoms with Gasteiger partial charge in [0, 0.05) is 18.2 Å². The molecule has 0 aliphatic carbocycles. The molecule has 164 valence electrons. The van der Waals surface area contributed by atoms with Crippen LogP contribution >= 0.6 is 0 Å². The number of aromatic nitrogens is 2. The fraction of sp³-hybridized carbons (Fsp3) is 0.522. The Kier molecular flexibility index (Phi) is 6.35. The van der Waals surface area contributed by atoms with Gasteiger partial charge in [0.05, 0.1) is 22.6 Å². The van der Waals surface area contributed by atoms with Crippen molar-refractivity contribution in [2.75, 3.05) is 11.9 Å². The van der Waals surface area contributed by atoms with E-state index >= 15 is 0 Å². The molecule has 7 nitrogen and oxygen atoms in total. The average Bonchev–Trinajstić information content (AvgIpc) is 2.84. The van der Waals surface area contributed by atoms with Crippen LogP contribution in [0.5, 0.6) is 5.75 Å². The minimum absolute atomic E-state index is 0.187. The van der Waals surface area contributed by atoms with Crippen LogP contribution in [0, 0.1) is 13.8 Å². The van der Waals surface area contributed by atoms with Crippen LogP contribution in [0.3, 0.4) is 0 Å². The van der Waals surface area contributed by atoms with Crippen LogP contribution < -0.4 is 5.32 Å². The van der Waals surface area contributed by atoms with Gasteiger partial charge >= 0.3 is 5.97 Å². The van der Waals surface area contributed by atoms with Crippen LogP contribution in [0.15, 0.2) is 12.1 Å². The highest BCUT2D eigenvalue weighted by Gasteiger charge is 2.28. The molecule has 1 heterocycles. The van der Waals surface area contributed by atoms with Gasteiger partial charge in [0.25, 0.3) is 5.91 Å². The van der Waals surface area contributed by atoms with Crippen LogP contribution in [-0.2, 0) is 27.4 Å². The molecule has 0 aliphatic heterocycles. The van der Waals surface area contributed by atoms with Crippen molar-refractivity contribution in [2.45, 2.75) is 66.2 Å². The molecule has 0 saturated heterocycles. The van der Waals surface area contributed by atoms with E-state index in [-0.39, 0.29) is 16.6 Å². The molecule has 0 unspecified atom stereocenters. The molecule has 0 aliphatic rings. The summed E-state index contributed by atoms with van der Waals surface area (Å²) in [6.45, 7) is 15.0. The molecule has 1 aromatic carbocycles. The Bertz CT molecular complexity index is 941. The quantitative estimate of drug-likeness (QED) is 0.732. The first kappa shape index (κ1) is 23.4. The van der Waals surface area contributed by atoms with Gasteiger partial charge in [0.15, 0.2) is 6.61 Å². The van der Waals surface area contributed by atoms with Crippen LogP contribution in [0.2, 0.25) is 0 Å². The molecule has 0 atom stereocenters. The van der Waals surface area contributed by atoms with Crippen LogP contribution in [-0.4, -0.2) is 33.4 Å². The van der Waals surface area contributed by atoms with E-state index in [1.165, 1.54) is 0 Å². The molecule has 30 heavy (non-hydrogen) atoms. The van der Waals surface area contributed by atoms with E-state index in [2.05, 4.69) is 10.4 Å². The Morgan fingerprint density at radius 3 is 1.97 bits per heavy atom. The fourth-order valence-corrected chi connectivity index (χ4v) is 3.24. The van der Waals surface area contributed by atoms with E-state index in [1.54, 1.807) is 30.8 Å². The molecule has 0 bridgehead atoms. The summed E-state index contributed by atoms with van der Waals surface area (Å²) in [5.74, 6) is -0.860. The lowest BCUT2D eigenvalue weighted by Crippen LogP contribution is -2.23. The number of anilines is 1. The molecule has 7 heteroatoms. The Hall–Kier alpha value is -2.83. The number of carbonyl (C=O) groups excluding carboxylic acids is 2. The van der Waals surface area contributed by atoms with Crippen molar-refractivity contribution < 1.29 is 19.4 Å². The normalized spacial score (nSPS) is 12.0. The summed E-state index contributed by atoms with van der Waals surface area (Å²) >= 11 is 0. The van der Waals surface area contributed by atoms with Crippen LogP contribution in [0.1, 0.15) is 74.4 Å². The molecular formula is C23H33N3O4. The van der Waals surface area contributed by atoms with Gasteiger partial charge in [-0.25, -0.2) is 4.79 Å². The number of esters is 1. The largest absolute Gasteiger partial charge is 0.507 e. The first-order chi connectivity index (χ1) is 13.6. The second-order valence-electron chi connectivity index (χ2n) is 9.71. The first-order valence-corrected chi connectivity index (χ1v) is 9.98. The number of hydrogen-bond acceptors (Lipinski definition) is 5. The molecule has 2 N–H and O–H groups in total. The zero-order valence-corrected chi connectivity index (χ0v) is 19.4. The van der Waals surface area contributed by atoms with Gasteiger partial charge in [0.1, 0.15) is 5.75 Å². The third-order valence-corrected chi connectivity index (χ3v) is 5.07. The topological polar surface area (TPSA) is 93.5 Å². The van der Waals surface area contributed by atoms with E-state index in [0.29, 0.717) is 28.1 Å². The summed E-state index contributed by atoms with van der Waals surface area (Å²) in [6, 6.07) is 3.28. The van der Waals surface area contributed by atoms with Crippen LogP contribution in [0.4, 0.5) is 5.69 Å². The highest BCUT2D eigenvalue weighted by molar-refractivity contribution is 5.96. The predicted octanol–water partition coefficient (Wildman–Crippen LogP) is 4.13. The first-order valence-electron chi connectivity index (χ1n) is 9.98. The summed E-state index contributed by atoms with van der Waals surface area (Å²) in [6.07, 6.45) is 0. The lowest BCUT2D eigenvalue weighted by atomic mass is 9.78. The highest BCUT2D eigenvalue weighted by atomic mass is 16.5. The van der Waals surface area contributed by atoms with Crippen molar-refractivity contribution >= 4 is 17.6 Å². The number of nitrogens with zero attached hydrogens (tertiary/aromatic N) is 2. The average molecular weight is 416 g/mol. The zero-order chi connectivity index (χ0) is 23.0. The summed E-state index contributed by atoms with van der Waals surface area (Å²) in [5.41, 5.74) is 3.02. The number of aromatic hydroxyl groups is 1. The van der Waals surface area contributed by atoms with Crippen molar-refractivity contribution in [3.05, 3.63) is 40.2 Å². The molecule has 0 spiro atoms. The molecule has 2 aromatic rings. The monoisotopic (exact) mass is 415 g/mol. The van der Waals surface area contributed by atoms with Crippen molar-refractivity contribution in [1.82, 2.24) is 9.78 Å². The van der Waals surface area contributed by atoms with Crippen molar-refractivity contribution in [1.29, 1.82) is 0 Å². The maximum absolute atomic E-state index is 12.7. The number of ether oxygens (including phenoxy) is 1. The molecule has 2 rings (SSSR count). The van der Waals surface area contributed by atoms with E-state index < -0.39 is 18.5 Å². The number of amides is 1. The third kappa shape index (κ3) is 5.01. The molecule has 0 radical (unpaired) electrons. The molecular weight excluding hydrogens is 382 g/mol. The second kappa shape index (κ2) is 8.13. The maximum atomic E-state index is 12.7. The predicted molar refractivity (Wildman–Crippen MR) is 117 cm³/mol. The SMILES string of the molecule is Cc1nn(C)c(C)c1NC(=O)COC(=O)c1cc(C(C)(C)C)c(O)c(C(C)(C)C)c1. The number of aryl methyl sites for hydroxylation is 2. The Labute approximate surface area is 178 Å². The van der Waals surface area contributed by atoms with Gasteiger partial charge in [-0.3, -0.25) is 9.48 Å². The van der Waals surface area contributed by atoms with Gasteiger partial charge in [-0.05, 0) is 36.8 Å². The molecule has 0 saturated carbocycles. The van der Waals surface area contributed by atoms with E-state index in [9.17, 15) is 14.7 Å². The molecule has 1 aromatic heterocycles. The summed E-state index contributed by atoms with van der Waals surface area (Å²) in [7, 11) is 1.79. The number of hydrogen-bond donors (Lipinski definition) is 2. The Balaban J connectivity index is 2.23. The number of benzene rings is 1. The lowest BCUT2D eigenvalue weighted by Gasteiger charge is -2.27. The molecule has 0 fully saturated rings. The smallest absolute Gasteiger partial charge is 0.338 e. The number of phenols is 1. The van der Waals surface area contributed by atoms with Gasteiger partial charge < -0.3 is 15.2 Å². The summed E-state index contributed by atoms with van der Waals surface area (Å²) in [5, 5.41) is 17.8. The number of nitrogens with one attached hydrogen (secondary N) is 1. The van der Waals surface area contributed by atoms with E-state index in [1.807, 2.05) is 48.5 Å². The third-order valence-electron chi connectivity index (χ3n) is 5.07. The minimum atomic E-state index is -0.610. The summed E-state index contributed by atoms with van der Waals surface area (Å²) < 4.78 is 6.94. The summed E-state index contributed by atoms with van der Waals surface area (Å²) in [4.78, 5) is 25.0. The highest BCUT2D eigenvalue weighted by Crippen LogP contribution is 2.39. The number of carbonyl (C=O) groups is 2. The second-order valence-corrected chi connectivity index (χ2v) is 9.71. The van der Waals surface area contributed by atoms with Gasteiger partial charge in [-0.2, -0.15) is 5.10 Å². The van der Waals surface area contributed by atoms with Gasteiger partial charge in [-0.1, -0.05) is 41.5 Å². The Morgan fingerprint density at radius 2 is 1.57 bits per heavy atom. The fourth-order valence-electron chi connectivity index (χ4n) is 3.24. The van der Waals surface area contributed by atoms with Crippen molar-refractivity contribution in [3.63, 3.8) is 0 Å². The van der Waals surface area contributed by atoms with E-state index in [4.69, 9.17) is 4.74 Å². The number of phenolic OH excluding ortho intramolecular Hbond substituents is 1. The van der Waals surface area contributed by atoms with E-state index in [0.717, 1.165) is 5.69 Å². The van der Waals surface area contributed by atoms with Crippen molar-refractivity contribution in [3.8, 4) is 5.75 Å².